The lowest BCUT2D eigenvalue weighted by Gasteiger charge is -2.14. The number of nitrogens with one attached hydrogen (secondary N) is 2. The van der Waals surface area contributed by atoms with E-state index in [1.165, 1.54) is 18.4 Å². The van der Waals surface area contributed by atoms with Gasteiger partial charge in [0.15, 0.2) is 0 Å². The van der Waals surface area contributed by atoms with Crippen LogP contribution in [0.2, 0.25) is 0 Å². The van der Waals surface area contributed by atoms with E-state index in [0.29, 0.717) is 11.4 Å². The molecule has 0 aromatic heterocycles. The summed E-state index contributed by atoms with van der Waals surface area (Å²) >= 11 is 0. The highest BCUT2D eigenvalue weighted by Gasteiger charge is 2.19. The first-order valence-electron chi connectivity index (χ1n) is 9.32. The Morgan fingerprint density at radius 3 is 2.38 bits per heavy atom. The lowest BCUT2D eigenvalue weighted by atomic mass is 9.97. The lowest BCUT2D eigenvalue weighted by molar-refractivity contribution is -0.120. The van der Waals surface area contributed by atoms with Crippen molar-refractivity contribution in [2.45, 2.75) is 64.2 Å². The van der Waals surface area contributed by atoms with Crippen LogP contribution in [0.5, 0.6) is 0 Å². The minimum Gasteiger partial charge on any atom is -0.356 e. The highest BCUT2D eigenvalue weighted by atomic mass is 32.2. The van der Waals surface area contributed by atoms with Crippen LogP contribution in [0.4, 0.5) is 0 Å². The van der Waals surface area contributed by atoms with Crippen molar-refractivity contribution in [3.05, 3.63) is 40.5 Å². The van der Waals surface area contributed by atoms with Gasteiger partial charge in [0.1, 0.15) is 0 Å². The highest BCUT2D eigenvalue weighted by Crippen LogP contribution is 2.21. The van der Waals surface area contributed by atoms with E-state index in [-0.39, 0.29) is 18.9 Å². The molecule has 5 nitrogen and oxygen atoms in total. The molecule has 0 aliphatic heterocycles. The molecule has 1 amide bonds. The molecule has 0 atom stereocenters. The summed E-state index contributed by atoms with van der Waals surface area (Å²) in [6.45, 7) is 6.25. The molecule has 144 valence electrons. The second kappa shape index (κ2) is 9.33. The number of aryl methyl sites for hydroxylation is 3. The second-order valence-corrected chi connectivity index (χ2v) is 8.79. The summed E-state index contributed by atoms with van der Waals surface area (Å²) < 4.78 is 27.6. The van der Waals surface area contributed by atoms with Crippen LogP contribution < -0.4 is 10.0 Å². The van der Waals surface area contributed by atoms with Crippen molar-refractivity contribution >= 4 is 15.9 Å². The number of rotatable bonds is 8. The number of carbonyl (C=O) groups is 1. The van der Waals surface area contributed by atoms with E-state index >= 15 is 0 Å². The molecule has 1 aromatic rings. The number of carbonyl (C=O) groups excluding carboxylic acids is 1. The Morgan fingerprint density at radius 2 is 1.77 bits per heavy atom. The van der Waals surface area contributed by atoms with E-state index in [0.717, 1.165) is 36.0 Å². The van der Waals surface area contributed by atoms with Crippen LogP contribution >= 0.6 is 0 Å². The molecule has 0 saturated carbocycles. The zero-order valence-electron chi connectivity index (χ0n) is 16.0. The number of benzene rings is 1. The minimum atomic E-state index is -3.61. The maximum atomic E-state index is 12.5. The first-order valence-corrected chi connectivity index (χ1v) is 10.8. The zero-order valence-corrected chi connectivity index (χ0v) is 16.8. The van der Waals surface area contributed by atoms with Crippen molar-refractivity contribution < 1.29 is 13.2 Å². The Balaban J connectivity index is 1.79. The maximum Gasteiger partial charge on any atom is 0.241 e. The molecule has 2 rings (SSSR count). The molecule has 0 fully saturated rings. The van der Waals surface area contributed by atoms with Gasteiger partial charge < -0.3 is 5.32 Å². The smallest absolute Gasteiger partial charge is 0.241 e. The van der Waals surface area contributed by atoms with Gasteiger partial charge >= 0.3 is 0 Å². The van der Waals surface area contributed by atoms with Crippen molar-refractivity contribution in [1.29, 1.82) is 0 Å². The predicted molar refractivity (Wildman–Crippen MR) is 105 cm³/mol. The molecule has 0 radical (unpaired) electrons. The standard InChI is InChI=1S/C20H30N2O3S/c1-15-13-16(2)20(17(3)14-15)26(24,25)22-12-10-19(23)21-11-9-18-7-5-4-6-8-18/h7,13-14,22H,4-6,8-12H2,1-3H3,(H,21,23). The molecule has 1 aliphatic rings. The van der Waals surface area contributed by atoms with Crippen molar-refractivity contribution in [3.63, 3.8) is 0 Å². The van der Waals surface area contributed by atoms with Gasteiger partial charge in [-0.3, -0.25) is 4.79 Å². The fraction of sp³-hybridized carbons (Fsp3) is 0.550. The number of amides is 1. The Morgan fingerprint density at radius 1 is 1.08 bits per heavy atom. The minimum absolute atomic E-state index is 0.101. The fourth-order valence-corrected chi connectivity index (χ4v) is 5.03. The van der Waals surface area contributed by atoms with E-state index in [1.54, 1.807) is 13.8 Å². The number of hydrogen-bond donors (Lipinski definition) is 2. The third kappa shape index (κ3) is 5.95. The highest BCUT2D eigenvalue weighted by molar-refractivity contribution is 7.89. The molecular formula is C20H30N2O3S. The average Bonchev–Trinajstić information content (AvgIpc) is 2.54. The zero-order chi connectivity index (χ0) is 19.2. The SMILES string of the molecule is Cc1cc(C)c(S(=O)(=O)NCCC(=O)NCCC2=CCCCC2)c(C)c1. The van der Waals surface area contributed by atoms with Gasteiger partial charge in [-0.25, -0.2) is 13.1 Å². The molecule has 26 heavy (non-hydrogen) atoms. The molecule has 0 unspecified atom stereocenters. The Kier molecular flexibility index (Phi) is 7.41. The summed E-state index contributed by atoms with van der Waals surface area (Å²) in [6.07, 6.45) is 8.07. The van der Waals surface area contributed by atoms with E-state index in [1.807, 2.05) is 19.1 Å². The topological polar surface area (TPSA) is 75.3 Å². The first kappa shape index (κ1) is 20.6. The van der Waals surface area contributed by atoms with E-state index in [9.17, 15) is 13.2 Å². The van der Waals surface area contributed by atoms with Crippen molar-refractivity contribution in [1.82, 2.24) is 10.0 Å². The van der Waals surface area contributed by atoms with Crippen LogP contribution in [0, 0.1) is 20.8 Å². The summed E-state index contributed by atoms with van der Waals surface area (Å²) in [7, 11) is -3.61. The van der Waals surface area contributed by atoms with E-state index in [4.69, 9.17) is 0 Å². The van der Waals surface area contributed by atoms with Crippen LogP contribution in [0.25, 0.3) is 0 Å². The third-order valence-electron chi connectivity index (χ3n) is 4.67. The number of hydrogen-bond acceptors (Lipinski definition) is 3. The molecule has 1 aromatic carbocycles. The van der Waals surface area contributed by atoms with Gasteiger partial charge in [0, 0.05) is 19.5 Å². The normalized spacial score (nSPS) is 14.8. The van der Waals surface area contributed by atoms with Crippen LogP contribution in [0.3, 0.4) is 0 Å². The first-order chi connectivity index (χ1) is 12.3. The summed E-state index contributed by atoms with van der Waals surface area (Å²) in [4.78, 5) is 12.2. The summed E-state index contributed by atoms with van der Waals surface area (Å²) in [6, 6.07) is 3.71. The van der Waals surface area contributed by atoms with Crippen LogP contribution in [-0.4, -0.2) is 27.4 Å². The molecule has 0 spiro atoms. The molecule has 0 saturated heterocycles. The van der Waals surface area contributed by atoms with Gasteiger partial charge in [0.25, 0.3) is 0 Å². The summed E-state index contributed by atoms with van der Waals surface area (Å²) in [5, 5.41) is 2.87. The predicted octanol–water partition coefficient (Wildman–Crippen LogP) is 3.29. The monoisotopic (exact) mass is 378 g/mol. The second-order valence-electron chi connectivity index (χ2n) is 7.08. The lowest BCUT2D eigenvalue weighted by Crippen LogP contribution is -2.32. The Hall–Kier alpha value is -1.66. The van der Waals surface area contributed by atoms with Gasteiger partial charge in [-0.2, -0.15) is 0 Å². The van der Waals surface area contributed by atoms with Crippen LogP contribution in [0.15, 0.2) is 28.7 Å². The van der Waals surface area contributed by atoms with Crippen LogP contribution in [0.1, 0.15) is 55.2 Å². The number of sulfonamides is 1. The van der Waals surface area contributed by atoms with E-state index < -0.39 is 10.0 Å². The maximum absolute atomic E-state index is 12.5. The molecular weight excluding hydrogens is 348 g/mol. The van der Waals surface area contributed by atoms with Gasteiger partial charge in [0.2, 0.25) is 15.9 Å². The number of allylic oxidation sites excluding steroid dienone is 1. The molecule has 2 N–H and O–H groups in total. The van der Waals surface area contributed by atoms with Gasteiger partial charge in [-0.15, -0.1) is 0 Å². The van der Waals surface area contributed by atoms with Crippen molar-refractivity contribution in [2.75, 3.05) is 13.1 Å². The molecule has 0 heterocycles. The molecule has 1 aliphatic carbocycles. The summed E-state index contributed by atoms with van der Waals surface area (Å²) in [5.41, 5.74) is 3.90. The van der Waals surface area contributed by atoms with Crippen molar-refractivity contribution in [2.24, 2.45) is 0 Å². The molecule has 0 bridgehead atoms. The Bertz CT molecular complexity index is 759. The van der Waals surface area contributed by atoms with Gasteiger partial charge in [0.05, 0.1) is 4.90 Å². The van der Waals surface area contributed by atoms with E-state index in [2.05, 4.69) is 16.1 Å². The summed E-state index contributed by atoms with van der Waals surface area (Å²) in [5.74, 6) is -0.124. The molecule has 6 heteroatoms. The van der Waals surface area contributed by atoms with Crippen molar-refractivity contribution in [3.8, 4) is 0 Å². The average molecular weight is 379 g/mol. The van der Waals surface area contributed by atoms with Gasteiger partial charge in [-0.1, -0.05) is 29.3 Å². The van der Waals surface area contributed by atoms with Gasteiger partial charge in [-0.05, 0) is 64.0 Å². The quantitative estimate of drug-likeness (QED) is 0.682. The largest absolute Gasteiger partial charge is 0.356 e. The third-order valence-corrected chi connectivity index (χ3v) is 6.44. The fourth-order valence-electron chi connectivity index (χ4n) is 3.54. The van der Waals surface area contributed by atoms with Crippen LogP contribution in [-0.2, 0) is 14.8 Å². The Labute approximate surface area is 157 Å².